The van der Waals surface area contributed by atoms with Crippen molar-refractivity contribution in [2.75, 3.05) is 13.1 Å². The molecule has 1 aliphatic rings. The normalized spacial score (nSPS) is 14.9. The molecule has 158 valence electrons. The van der Waals surface area contributed by atoms with Crippen molar-refractivity contribution in [2.24, 2.45) is 0 Å². The molecule has 4 aromatic heterocycles. The summed E-state index contributed by atoms with van der Waals surface area (Å²) in [7, 11) is 0. The van der Waals surface area contributed by atoms with Crippen LogP contribution < -0.4 is 5.56 Å². The Balaban J connectivity index is 1.35. The lowest BCUT2D eigenvalue weighted by Crippen LogP contribution is -2.27. The molecule has 1 N–H and O–H groups in total. The van der Waals surface area contributed by atoms with Gasteiger partial charge in [-0.25, -0.2) is 9.97 Å². The van der Waals surface area contributed by atoms with Gasteiger partial charge in [-0.2, -0.15) is 0 Å². The Labute approximate surface area is 186 Å². The van der Waals surface area contributed by atoms with Crippen LogP contribution in [0.25, 0.3) is 21.5 Å². The summed E-state index contributed by atoms with van der Waals surface area (Å²) >= 11 is 2.91. The number of nitrogens with zero attached hydrogens (tertiary/aromatic N) is 3. The summed E-state index contributed by atoms with van der Waals surface area (Å²) in [6.45, 7) is 3.61. The molecule has 1 atom stereocenters. The van der Waals surface area contributed by atoms with Crippen molar-refractivity contribution in [2.45, 2.75) is 30.0 Å². The second-order valence-corrected chi connectivity index (χ2v) is 9.62. The monoisotopic (exact) mass is 452 g/mol. The summed E-state index contributed by atoms with van der Waals surface area (Å²) in [6.07, 6.45) is 5.34. The van der Waals surface area contributed by atoms with E-state index in [4.69, 9.17) is 4.42 Å². The van der Waals surface area contributed by atoms with E-state index in [1.165, 1.54) is 23.1 Å². The molecule has 0 radical (unpaired) electrons. The summed E-state index contributed by atoms with van der Waals surface area (Å²) in [5.74, 6) is 1.28. The molecule has 1 aliphatic heterocycles. The predicted molar refractivity (Wildman–Crippen MR) is 122 cm³/mol. The highest BCUT2D eigenvalue weighted by molar-refractivity contribution is 7.99. The number of carbonyl (C=O) groups is 1. The van der Waals surface area contributed by atoms with E-state index in [-0.39, 0.29) is 16.7 Å². The first-order valence-electron chi connectivity index (χ1n) is 10.1. The number of thiophene rings is 1. The van der Waals surface area contributed by atoms with Gasteiger partial charge in [0.2, 0.25) is 0 Å². The van der Waals surface area contributed by atoms with E-state index >= 15 is 0 Å². The Hall–Kier alpha value is -2.91. The van der Waals surface area contributed by atoms with Gasteiger partial charge in [0.25, 0.3) is 11.5 Å². The van der Waals surface area contributed by atoms with Crippen LogP contribution in [0.4, 0.5) is 0 Å². The van der Waals surface area contributed by atoms with E-state index in [0.717, 1.165) is 36.5 Å². The minimum absolute atomic E-state index is 0.0381. The fraction of sp³-hybridized carbons (Fsp3) is 0.273. The van der Waals surface area contributed by atoms with Crippen LogP contribution >= 0.6 is 23.1 Å². The number of aromatic nitrogens is 3. The zero-order valence-corrected chi connectivity index (χ0v) is 18.5. The zero-order valence-electron chi connectivity index (χ0n) is 16.8. The highest BCUT2D eigenvalue weighted by Crippen LogP contribution is 2.35. The molecule has 0 aromatic carbocycles. The average molecular weight is 453 g/mol. The van der Waals surface area contributed by atoms with Gasteiger partial charge in [0, 0.05) is 30.2 Å². The topological polar surface area (TPSA) is 92.1 Å². The molecule has 1 saturated heterocycles. The maximum absolute atomic E-state index is 12.8. The summed E-state index contributed by atoms with van der Waals surface area (Å²) in [5.41, 5.74) is 1.18. The van der Waals surface area contributed by atoms with Crippen molar-refractivity contribution in [3.63, 3.8) is 0 Å². The number of aromatic amines is 1. The minimum atomic E-state index is -0.181. The van der Waals surface area contributed by atoms with Crippen LogP contribution in [0.5, 0.6) is 0 Å². The van der Waals surface area contributed by atoms with Crippen molar-refractivity contribution in [1.82, 2.24) is 19.9 Å². The van der Waals surface area contributed by atoms with E-state index in [1.807, 2.05) is 35.4 Å². The third kappa shape index (κ3) is 3.90. The summed E-state index contributed by atoms with van der Waals surface area (Å²) in [6, 6.07) is 7.29. The third-order valence-corrected chi connectivity index (χ3v) is 7.24. The molecule has 0 bridgehead atoms. The quantitative estimate of drug-likeness (QED) is 0.440. The second-order valence-electron chi connectivity index (χ2n) is 7.40. The Morgan fingerprint density at radius 3 is 2.84 bits per heavy atom. The maximum atomic E-state index is 12.8. The zero-order chi connectivity index (χ0) is 21.4. The van der Waals surface area contributed by atoms with Crippen molar-refractivity contribution < 1.29 is 9.21 Å². The molecule has 31 heavy (non-hydrogen) atoms. The van der Waals surface area contributed by atoms with E-state index in [1.54, 1.807) is 18.5 Å². The predicted octanol–water partition coefficient (Wildman–Crippen LogP) is 4.73. The number of rotatable bonds is 5. The highest BCUT2D eigenvalue weighted by atomic mass is 32.2. The molecular formula is C22H20N4O3S2. The molecule has 5 heterocycles. The Morgan fingerprint density at radius 1 is 1.29 bits per heavy atom. The largest absolute Gasteiger partial charge is 0.464 e. The fourth-order valence-electron chi connectivity index (χ4n) is 3.69. The van der Waals surface area contributed by atoms with Crippen LogP contribution in [-0.4, -0.2) is 38.8 Å². The van der Waals surface area contributed by atoms with Gasteiger partial charge in [-0.05, 0) is 44.0 Å². The van der Waals surface area contributed by atoms with Gasteiger partial charge in [0.15, 0.2) is 0 Å². The molecule has 9 heteroatoms. The molecule has 0 spiro atoms. The molecule has 7 nitrogen and oxygen atoms in total. The van der Waals surface area contributed by atoms with Crippen molar-refractivity contribution in [3.8, 4) is 11.3 Å². The number of nitrogens with one attached hydrogen (secondary N) is 1. The van der Waals surface area contributed by atoms with Crippen LogP contribution in [0.2, 0.25) is 0 Å². The maximum Gasteiger partial charge on any atom is 0.260 e. The molecule has 0 aliphatic carbocycles. The Bertz CT molecular complexity index is 1270. The highest BCUT2D eigenvalue weighted by Gasteiger charge is 2.21. The summed E-state index contributed by atoms with van der Waals surface area (Å²) < 4.78 is 5.44. The number of pyridine rings is 1. The van der Waals surface area contributed by atoms with E-state index < -0.39 is 0 Å². The lowest BCUT2D eigenvalue weighted by molar-refractivity contribution is 0.0792. The van der Waals surface area contributed by atoms with Crippen LogP contribution in [0.3, 0.4) is 0 Å². The summed E-state index contributed by atoms with van der Waals surface area (Å²) in [4.78, 5) is 39.8. The van der Waals surface area contributed by atoms with Gasteiger partial charge in [-0.15, -0.1) is 11.3 Å². The third-order valence-electron chi connectivity index (χ3n) is 5.31. The Morgan fingerprint density at radius 2 is 2.13 bits per heavy atom. The van der Waals surface area contributed by atoms with Gasteiger partial charge in [-0.1, -0.05) is 11.8 Å². The van der Waals surface area contributed by atoms with Crippen LogP contribution in [0, 0.1) is 0 Å². The number of likely N-dealkylation sites (tertiary alicyclic amines) is 1. The van der Waals surface area contributed by atoms with Gasteiger partial charge >= 0.3 is 0 Å². The molecule has 1 fully saturated rings. The van der Waals surface area contributed by atoms with Gasteiger partial charge in [0.05, 0.1) is 27.5 Å². The number of hydrogen-bond acceptors (Lipinski definition) is 7. The first-order valence-corrected chi connectivity index (χ1v) is 11.8. The van der Waals surface area contributed by atoms with Crippen LogP contribution in [-0.2, 0) is 0 Å². The molecule has 5 rings (SSSR count). The number of furan rings is 1. The van der Waals surface area contributed by atoms with Crippen LogP contribution in [0.1, 0.15) is 41.2 Å². The van der Waals surface area contributed by atoms with Crippen molar-refractivity contribution in [1.29, 1.82) is 0 Å². The lowest BCUT2D eigenvalue weighted by Gasteiger charge is -2.15. The Kier molecular flexibility index (Phi) is 5.37. The number of fused-ring (bicyclic) bond motifs is 1. The van der Waals surface area contributed by atoms with Crippen molar-refractivity contribution in [3.05, 3.63) is 63.8 Å². The number of H-pyrrole nitrogens is 1. The first-order chi connectivity index (χ1) is 15.1. The smallest absolute Gasteiger partial charge is 0.260 e. The number of amides is 1. The van der Waals surface area contributed by atoms with Gasteiger partial charge in [-0.3, -0.25) is 9.59 Å². The molecule has 1 amide bonds. The SMILES string of the molecule is CC(Sc1ccc(C(=O)N2CCCC2)cn1)c1nc2scc(-c3ccco3)c2c(=O)[nH]1. The average Bonchev–Trinajstić information content (AvgIpc) is 3.55. The standard InChI is InChI=1S/C22H20N4O3S2/c1-13(31-17-7-6-14(11-23-17)22(28)26-8-2-3-9-26)19-24-20(27)18-15(12-30-21(18)25-19)16-5-4-10-29-16/h4-7,10-13H,2-3,8-9H2,1H3,(H,24,25,27). The number of carbonyl (C=O) groups excluding carboxylic acids is 1. The molecule has 1 unspecified atom stereocenters. The lowest BCUT2D eigenvalue weighted by atomic mass is 10.2. The first kappa shape index (κ1) is 20.0. The van der Waals surface area contributed by atoms with E-state index in [2.05, 4.69) is 15.0 Å². The molecule has 0 saturated carbocycles. The van der Waals surface area contributed by atoms with E-state index in [0.29, 0.717) is 27.4 Å². The van der Waals surface area contributed by atoms with Crippen molar-refractivity contribution >= 4 is 39.2 Å². The van der Waals surface area contributed by atoms with Crippen LogP contribution in [0.15, 0.2) is 56.3 Å². The fourth-order valence-corrected chi connectivity index (χ4v) is 5.47. The molecule has 4 aromatic rings. The molecular weight excluding hydrogens is 432 g/mol. The second kappa shape index (κ2) is 8.32. The van der Waals surface area contributed by atoms with Gasteiger partial charge in [0.1, 0.15) is 16.4 Å². The number of thioether (sulfide) groups is 1. The van der Waals surface area contributed by atoms with Gasteiger partial charge < -0.3 is 14.3 Å². The number of hydrogen-bond donors (Lipinski definition) is 1. The van der Waals surface area contributed by atoms with E-state index in [9.17, 15) is 9.59 Å². The summed E-state index contributed by atoms with van der Waals surface area (Å²) in [5, 5.41) is 3.10. The minimum Gasteiger partial charge on any atom is -0.464 e.